The summed E-state index contributed by atoms with van der Waals surface area (Å²) in [5.41, 5.74) is 1.01. The van der Waals surface area contributed by atoms with E-state index in [0.717, 1.165) is 18.2 Å². The summed E-state index contributed by atoms with van der Waals surface area (Å²) in [6, 6.07) is 9.30. The van der Waals surface area contributed by atoms with Gasteiger partial charge in [-0.05, 0) is 43.3 Å². The van der Waals surface area contributed by atoms with Crippen LogP contribution in [0, 0.1) is 5.82 Å². The smallest absolute Gasteiger partial charge is 0.463 e. The van der Waals surface area contributed by atoms with Gasteiger partial charge in [-0.25, -0.2) is 18.9 Å². The molecule has 0 aliphatic heterocycles. The highest BCUT2D eigenvalue weighted by molar-refractivity contribution is 5.87. The number of rotatable bonds is 6. The highest BCUT2D eigenvalue weighted by Crippen LogP contribution is 2.24. The lowest BCUT2D eigenvalue weighted by Crippen LogP contribution is -2.17. The van der Waals surface area contributed by atoms with E-state index in [1.165, 1.54) is 41.4 Å². The van der Waals surface area contributed by atoms with Crippen LogP contribution in [0.15, 0.2) is 54.9 Å². The molecule has 0 saturated carbocycles. The molecule has 0 bridgehead atoms. The monoisotopic (exact) mass is 421 g/mol. The topological polar surface area (TPSA) is 66.2 Å². The van der Waals surface area contributed by atoms with Crippen LogP contribution in [0.2, 0.25) is 0 Å². The van der Waals surface area contributed by atoms with Gasteiger partial charge in [0.05, 0.1) is 12.3 Å². The van der Waals surface area contributed by atoms with E-state index in [1.54, 1.807) is 13.0 Å². The molecule has 1 aromatic heterocycles. The normalized spacial score (nSPS) is 11.6. The molecule has 0 unspecified atom stereocenters. The summed E-state index contributed by atoms with van der Waals surface area (Å²) in [6.45, 7) is 1.88. The minimum Gasteiger partial charge on any atom is -0.463 e. The Hall–Kier alpha value is -3.69. The minimum atomic E-state index is -4.77. The molecule has 10 heteroatoms. The summed E-state index contributed by atoms with van der Waals surface area (Å²) in [5.74, 6) is -1.31. The first-order valence-electron chi connectivity index (χ1n) is 8.68. The van der Waals surface area contributed by atoms with Crippen molar-refractivity contribution in [1.29, 1.82) is 0 Å². The summed E-state index contributed by atoms with van der Waals surface area (Å²) in [5, 5.41) is 4.21. The fourth-order valence-electron chi connectivity index (χ4n) is 2.47. The Morgan fingerprint density at radius 2 is 1.90 bits per heavy atom. The number of hydrogen-bond donors (Lipinski definition) is 0. The van der Waals surface area contributed by atoms with Gasteiger partial charge in [0.1, 0.15) is 17.9 Å². The number of alkyl halides is 3. The van der Waals surface area contributed by atoms with Gasteiger partial charge in [0.2, 0.25) is 0 Å². The third-order valence-corrected chi connectivity index (χ3v) is 3.77. The van der Waals surface area contributed by atoms with Crippen molar-refractivity contribution < 1.29 is 31.8 Å². The second kappa shape index (κ2) is 8.76. The highest BCUT2D eigenvalue weighted by Gasteiger charge is 2.31. The van der Waals surface area contributed by atoms with Gasteiger partial charge >= 0.3 is 12.3 Å². The van der Waals surface area contributed by atoms with Crippen molar-refractivity contribution >= 4 is 12.0 Å². The number of carbonyl (C=O) groups excluding carboxylic acids is 1. The fraction of sp³-hybridized carbons (Fsp3) is 0.150. The Morgan fingerprint density at radius 1 is 1.17 bits per heavy atom. The van der Waals surface area contributed by atoms with Crippen LogP contribution >= 0.6 is 0 Å². The van der Waals surface area contributed by atoms with Gasteiger partial charge in [0.15, 0.2) is 5.82 Å². The van der Waals surface area contributed by atoms with E-state index < -0.39 is 18.1 Å². The zero-order chi connectivity index (χ0) is 21.7. The fourth-order valence-corrected chi connectivity index (χ4v) is 2.47. The maximum absolute atomic E-state index is 14.3. The number of nitrogens with zero attached hydrogens (tertiary/aromatic N) is 3. The van der Waals surface area contributed by atoms with E-state index in [9.17, 15) is 22.4 Å². The van der Waals surface area contributed by atoms with Crippen LogP contribution in [0.3, 0.4) is 0 Å². The van der Waals surface area contributed by atoms with E-state index in [4.69, 9.17) is 4.74 Å². The summed E-state index contributed by atoms with van der Waals surface area (Å²) in [4.78, 5) is 15.4. The largest absolute Gasteiger partial charge is 0.573 e. The van der Waals surface area contributed by atoms with Gasteiger partial charge in [-0.1, -0.05) is 12.1 Å². The van der Waals surface area contributed by atoms with E-state index in [0.29, 0.717) is 11.3 Å². The van der Waals surface area contributed by atoms with Crippen LogP contribution in [0.5, 0.6) is 5.75 Å². The van der Waals surface area contributed by atoms with Crippen LogP contribution in [-0.4, -0.2) is 33.7 Å². The van der Waals surface area contributed by atoms with Crippen LogP contribution in [0.1, 0.15) is 12.5 Å². The SMILES string of the molecule is CCOC(=O)C=Cc1ccc(-c2ncn(-c3ccc(OC(F)(F)F)cc3)n2)cc1F. The Balaban J connectivity index is 1.76. The van der Waals surface area contributed by atoms with E-state index in [1.807, 2.05) is 0 Å². The standard InChI is InChI=1S/C20H15F4N3O3/c1-2-29-18(28)10-5-13-3-4-14(11-17(13)21)19-25-12-27(26-19)15-6-8-16(9-7-15)30-20(22,23)24/h3-12H,2H2,1H3. The summed E-state index contributed by atoms with van der Waals surface area (Å²) < 4.78 is 60.9. The molecule has 2 aromatic carbocycles. The number of carbonyl (C=O) groups is 1. The second-order valence-electron chi connectivity index (χ2n) is 5.88. The molecule has 0 spiro atoms. The van der Waals surface area contributed by atoms with E-state index >= 15 is 0 Å². The van der Waals surface area contributed by atoms with Gasteiger partial charge in [-0.2, -0.15) is 0 Å². The van der Waals surface area contributed by atoms with Crippen LogP contribution in [0.4, 0.5) is 17.6 Å². The lowest BCUT2D eigenvalue weighted by Gasteiger charge is -2.09. The van der Waals surface area contributed by atoms with Crippen molar-refractivity contribution in [2.24, 2.45) is 0 Å². The molecule has 0 N–H and O–H groups in total. The molecule has 0 radical (unpaired) electrons. The molecule has 0 aliphatic carbocycles. The molecule has 0 fully saturated rings. The second-order valence-corrected chi connectivity index (χ2v) is 5.88. The predicted octanol–water partition coefficient (Wildman–Crippen LogP) is 4.55. The molecule has 30 heavy (non-hydrogen) atoms. The highest BCUT2D eigenvalue weighted by atomic mass is 19.4. The molecular formula is C20H15F4N3O3. The van der Waals surface area contributed by atoms with Crippen molar-refractivity contribution in [3.63, 3.8) is 0 Å². The van der Waals surface area contributed by atoms with Crippen molar-refractivity contribution in [2.45, 2.75) is 13.3 Å². The van der Waals surface area contributed by atoms with Crippen molar-refractivity contribution in [1.82, 2.24) is 14.8 Å². The zero-order valence-electron chi connectivity index (χ0n) is 15.6. The lowest BCUT2D eigenvalue weighted by molar-refractivity contribution is -0.274. The third kappa shape index (κ3) is 5.43. The van der Waals surface area contributed by atoms with Gasteiger partial charge in [-0.3, -0.25) is 0 Å². The number of ether oxygens (including phenoxy) is 2. The quantitative estimate of drug-likeness (QED) is 0.332. The molecule has 3 aromatic rings. The molecule has 3 rings (SSSR count). The van der Waals surface area contributed by atoms with Gasteiger partial charge < -0.3 is 9.47 Å². The number of aromatic nitrogens is 3. The zero-order valence-corrected chi connectivity index (χ0v) is 15.6. The molecular weight excluding hydrogens is 406 g/mol. The van der Waals surface area contributed by atoms with Crippen molar-refractivity contribution in [2.75, 3.05) is 6.61 Å². The molecule has 156 valence electrons. The molecule has 6 nitrogen and oxygen atoms in total. The molecule has 0 saturated heterocycles. The Labute approximate surface area is 168 Å². The van der Waals surface area contributed by atoms with Crippen LogP contribution < -0.4 is 4.74 Å². The van der Waals surface area contributed by atoms with E-state index in [2.05, 4.69) is 14.8 Å². The predicted molar refractivity (Wildman–Crippen MR) is 99.1 cm³/mol. The molecule has 0 aliphatic rings. The Kier molecular flexibility index (Phi) is 6.14. The van der Waals surface area contributed by atoms with Gasteiger partial charge in [0, 0.05) is 17.2 Å². The average Bonchev–Trinajstić information content (AvgIpc) is 3.17. The first-order chi connectivity index (χ1) is 14.2. The number of halogens is 4. The van der Waals surface area contributed by atoms with E-state index in [-0.39, 0.29) is 23.7 Å². The summed E-state index contributed by atoms with van der Waals surface area (Å²) in [7, 11) is 0. The summed E-state index contributed by atoms with van der Waals surface area (Å²) in [6.07, 6.45) is -1.00. The van der Waals surface area contributed by atoms with Crippen molar-refractivity contribution in [3.8, 4) is 22.8 Å². The maximum Gasteiger partial charge on any atom is 0.573 e. The minimum absolute atomic E-state index is 0.187. The molecule has 0 amide bonds. The molecule has 1 heterocycles. The Bertz CT molecular complexity index is 1060. The first kappa shape index (κ1) is 21.0. The average molecular weight is 421 g/mol. The van der Waals surface area contributed by atoms with Gasteiger partial charge in [0.25, 0.3) is 0 Å². The number of esters is 1. The van der Waals surface area contributed by atoms with Crippen LogP contribution in [-0.2, 0) is 9.53 Å². The number of hydrogen-bond acceptors (Lipinski definition) is 5. The molecule has 0 atom stereocenters. The third-order valence-electron chi connectivity index (χ3n) is 3.77. The Morgan fingerprint density at radius 3 is 2.53 bits per heavy atom. The van der Waals surface area contributed by atoms with Crippen LogP contribution in [0.25, 0.3) is 23.2 Å². The lowest BCUT2D eigenvalue weighted by atomic mass is 10.1. The van der Waals surface area contributed by atoms with Crippen molar-refractivity contribution in [3.05, 3.63) is 66.2 Å². The van der Waals surface area contributed by atoms with Gasteiger partial charge in [-0.15, -0.1) is 18.3 Å². The first-order valence-corrected chi connectivity index (χ1v) is 8.68. The number of benzene rings is 2. The summed E-state index contributed by atoms with van der Waals surface area (Å²) >= 11 is 0. The maximum atomic E-state index is 14.3.